The van der Waals surface area contributed by atoms with E-state index in [9.17, 15) is 9.50 Å². The van der Waals surface area contributed by atoms with Crippen molar-refractivity contribution in [2.45, 2.75) is 46.6 Å². The second-order valence-corrected chi connectivity index (χ2v) is 7.67. The highest BCUT2D eigenvalue weighted by atomic mass is 79.9. The third kappa shape index (κ3) is 5.41. The highest BCUT2D eigenvalue weighted by Crippen LogP contribution is 2.34. The molecule has 0 aliphatic heterocycles. The molecule has 0 saturated heterocycles. The zero-order chi connectivity index (χ0) is 14.8. The fraction of sp³-hybridized carbons (Fsp3) is 0.600. The second kappa shape index (κ2) is 6.55. The molecular weight excluding hydrogens is 331 g/mol. The van der Waals surface area contributed by atoms with Gasteiger partial charge in [0, 0.05) is 10.0 Å². The van der Waals surface area contributed by atoms with E-state index in [-0.39, 0.29) is 11.0 Å². The van der Waals surface area contributed by atoms with Gasteiger partial charge in [0.25, 0.3) is 0 Å². The second-order valence-electron chi connectivity index (χ2n) is 6.41. The van der Waals surface area contributed by atoms with Crippen LogP contribution in [0.1, 0.15) is 52.2 Å². The van der Waals surface area contributed by atoms with Crippen LogP contribution in [-0.4, -0.2) is 5.11 Å². The van der Waals surface area contributed by atoms with Gasteiger partial charge in [0.15, 0.2) is 0 Å². The van der Waals surface area contributed by atoms with Crippen LogP contribution in [0.2, 0.25) is 5.02 Å². The first kappa shape index (κ1) is 16.9. The van der Waals surface area contributed by atoms with Gasteiger partial charge in [-0.05, 0) is 52.2 Å². The minimum Gasteiger partial charge on any atom is -0.388 e. The molecule has 2 atom stereocenters. The molecule has 0 radical (unpaired) electrons. The number of benzene rings is 1. The van der Waals surface area contributed by atoms with Gasteiger partial charge in [-0.1, -0.05) is 39.3 Å². The zero-order valence-electron chi connectivity index (χ0n) is 11.8. The van der Waals surface area contributed by atoms with Gasteiger partial charge in [-0.2, -0.15) is 0 Å². The van der Waals surface area contributed by atoms with Gasteiger partial charge >= 0.3 is 0 Å². The van der Waals surface area contributed by atoms with Crippen LogP contribution in [0.15, 0.2) is 16.6 Å². The summed E-state index contributed by atoms with van der Waals surface area (Å²) in [6.07, 6.45) is 0.699. The summed E-state index contributed by atoms with van der Waals surface area (Å²) in [7, 11) is 0. The summed E-state index contributed by atoms with van der Waals surface area (Å²) in [5.41, 5.74) is 0.476. The summed E-state index contributed by atoms with van der Waals surface area (Å²) in [5, 5.41) is 10.6. The number of hydrogen-bond donors (Lipinski definition) is 1. The number of rotatable bonds is 4. The molecule has 0 heterocycles. The maximum absolute atomic E-state index is 13.8. The smallest absolute Gasteiger partial charge is 0.130 e. The Labute approximate surface area is 128 Å². The Hall–Kier alpha value is -0.120. The molecule has 1 rings (SSSR count). The lowest BCUT2D eigenvalue weighted by atomic mass is 9.82. The number of aliphatic hydroxyl groups excluding tert-OH is 1. The molecule has 1 nitrogen and oxygen atoms in total. The molecule has 108 valence electrons. The van der Waals surface area contributed by atoms with E-state index in [2.05, 4.69) is 43.6 Å². The molecule has 0 aliphatic rings. The molecule has 2 unspecified atom stereocenters. The average molecular weight is 352 g/mol. The van der Waals surface area contributed by atoms with Crippen LogP contribution in [0.3, 0.4) is 0 Å². The quantitative estimate of drug-likeness (QED) is 0.686. The molecule has 0 aliphatic carbocycles. The van der Waals surface area contributed by atoms with Crippen LogP contribution < -0.4 is 0 Å². The third-order valence-corrected chi connectivity index (χ3v) is 4.18. The summed E-state index contributed by atoms with van der Waals surface area (Å²) >= 11 is 9.11. The maximum Gasteiger partial charge on any atom is 0.130 e. The molecule has 0 saturated carbocycles. The van der Waals surface area contributed by atoms with Crippen molar-refractivity contribution in [1.29, 1.82) is 0 Å². The summed E-state index contributed by atoms with van der Waals surface area (Å²) in [5.74, 6) is -0.108. The van der Waals surface area contributed by atoms with Crippen molar-refractivity contribution in [2.24, 2.45) is 11.3 Å². The Bertz CT molecular complexity index is 443. The Morgan fingerprint density at radius 3 is 2.47 bits per heavy atom. The molecular formula is C15H21BrClFO. The lowest BCUT2D eigenvalue weighted by molar-refractivity contribution is 0.130. The Balaban J connectivity index is 2.78. The van der Waals surface area contributed by atoms with E-state index >= 15 is 0 Å². The first-order valence-corrected chi connectivity index (χ1v) is 7.60. The predicted octanol–water partition coefficient (Wildman–Crippen LogP) is 5.74. The lowest BCUT2D eigenvalue weighted by Crippen LogP contribution is -2.14. The monoisotopic (exact) mass is 350 g/mol. The minimum atomic E-state index is -0.817. The summed E-state index contributed by atoms with van der Waals surface area (Å²) < 4.78 is 14.3. The fourth-order valence-corrected chi connectivity index (χ4v) is 2.92. The van der Waals surface area contributed by atoms with Gasteiger partial charge in [0.1, 0.15) is 5.82 Å². The van der Waals surface area contributed by atoms with Crippen molar-refractivity contribution in [3.63, 3.8) is 0 Å². The van der Waals surface area contributed by atoms with E-state index in [4.69, 9.17) is 11.6 Å². The summed E-state index contributed by atoms with van der Waals surface area (Å²) in [6, 6.07) is 2.80. The first-order valence-electron chi connectivity index (χ1n) is 6.42. The maximum atomic E-state index is 13.8. The molecule has 4 heteroatoms. The third-order valence-electron chi connectivity index (χ3n) is 2.99. The number of aliphatic hydroxyl groups is 1. The highest BCUT2D eigenvalue weighted by molar-refractivity contribution is 9.10. The van der Waals surface area contributed by atoms with Gasteiger partial charge < -0.3 is 5.11 Å². The molecule has 1 N–H and O–H groups in total. The molecule has 1 aromatic carbocycles. The van der Waals surface area contributed by atoms with Crippen molar-refractivity contribution in [3.8, 4) is 0 Å². The topological polar surface area (TPSA) is 20.2 Å². The van der Waals surface area contributed by atoms with Crippen LogP contribution in [0.25, 0.3) is 0 Å². The van der Waals surface area contributed by atoms with E-state index in [1.165, 1.54) is 12.1 Å². The Morgan fingerprint density at radius 2 is 1.95 bits per heavy atom. The molecule has 0 fully saturated rings. The molecule has 0 amide bonds. The minimum absolute atomic E-state index is 0.203. The number of hydrogen-bond acceptors (Lipinski definition) is 1. The van der Waals surface area contributed by atoms with Crippen molar-refractivity contribution >= 4 is 27.5 Å². The average Bonchev–Trinajstić information content (AvgIpc) is 2.20. The largest absolute Gasteiger partial charge is 0.388 e. The van der Waals surface area contributed by atoms with Crippen LogP contribution in [-0.2, 0) is 0 Å². The number of halogens is 3. The van der Waals surface area contributed by atoms with E-state index in [0.29, 0.717) is 21.8 Å². The van der Waals surface area contributed by atoms with Crippen LogP contribution in [0.5, 0.6) is 0 Å². The Morgan fingerprint density at radius 1 is 1.37 bits per heavy atom. The molecule has 1 aromatic rings. The predicted molar refractivity (Wildman–Crippen MR) is 81.9 cm³/mol. The van der Waals surface area contributed by atoms with Crippen molar-refractivity contribution in [2.75, 3.05) is 0 Å². The van der Waals surface area contributed by atoms with E-state index in [0.717, 1.165) is 6.42 Å². The van der Waals surface area contributed by atoms with Crippen molar-refractivity contribution in [3.05, 3.63) is 33.0 Å². The van der Waals surface area contributed by atoms with Crippen molar-refractivity contribution < 1.29 is 9.50 Å². The van der Waals surface area contributed by atoms with Gasteiger partial charge in [-0.15, -0.1) is 0 Å². The van der Waals surface area contributed by atoms with E-state index in [1.54, 1.807) is 0 Å². The molecule has 19 heavy (non-hydrogen) atoms. The summed E-state index contributed by atoms with van der Waals surface area (Å²) in [6.45, 7) is 8.56. The van der Waals surface area contributed by atoms with Crippen LogP contribution in [0, 0.1) is 17.2 Å². The van der Waals surface area contributed by atoms with Gasteiger partial charge in [-0.25, -0.2) is 4.39 Å². The van der Waals surface area contributed by atoms with Gasteiger partial charge in [-0.3, -0.25) is 0 Å². The SMILES string of the molecule is CC(CC(O)c1cc(Cl)c(Br)cc1F)CC(C)(C)C. The summed E-state index contributed by atoms with van der Waals surface area (Å²) in [4.78, 5) is 0. The van der Waals surface area contributed by atoms with Crippen LogP contribution >= 0.6 is 27.5 Å². The van der Waals surface area contributed by atoms with Gasteiger partial charge in [0.2, 0.25) is 0 Å². The molecule has 0 aromatic heterocycles. The van der Waals surface area contributed by atoms with Gasteiger partial charge in [0.05, 0.1) is 11.1 Å². The molecule has 0 spiro atoms. The standard InChI is InChI=1S/C15H21BrClFO/c1-9(8-15(2,3)4)5-14(19)10-6-12(17)11(16)7-13(10)18/h6-7,9,14,19H,5,8H2,1-4H3. The fourth-order valence-electron chi connectivity index (χ4n) is 2.43. The van der Waals surface area contributed by atoms with Crippen LogP contribution in [0.4, 0.5) is 4.39 Å². The van der Waals surface area contributed by atoms with E-state index < -0.39 is 11.9 Å². The first-order chi connectivity index (χ1) is 8.60. The lowest BCUT2D eigenvalue weighted by Gasteiger charge is -2.25. The van der Waals surface area contributed by atoms with Crippen molar-refractivity contribution in [1.82, 2.24) is 0 Å². The zero-order valence-corrected chi connectivity index (χ0v) is 14.1. The normalized spacial score (nSPS) is 15.4. The Kier molecular flexibility index (Phi) is 5.84. The molecule has 0 bridgehead atoms. The van der Waals surface area contributed by atoms with E-state index in [1.807, 2.05) is 0 Å². The highest BCUT2D eigenvalue weighted by Gasteiger charge is 2.21.